The Morgan fingerprint density at radius 3 is 2.14 bits per heavy atom. The zero-order chi connectivity index (χ0) is 15.4. The third kappa shape index (κ3) is 3.45. The van der Waals surface area contributed by atoms with Crippen LogP contribution in [-0.2, 0) is 0 Å². The monoisotopic (exact) mass is 282 g/mol. The second-order valence-corrected chi connectivity index (χ2v) is 5.73. The van der Waals surface area contributed by atoms with E-state index >= 15 is 0 Å². The van der Waals surface area contributed by atoms with Crippen LogP contribution in [0.15, 0.2) is 42.5 Å². The van der Waals surface area contributed by atoms with Gasteiger partial charge in [-0.3, -0.25) is 0 Å². The number of aryl methyl sites for hydroxylation is 3. The van der Waals surface area contributed by atoms with Gasteiger partial charge in [-0.2, -0.15) is 0 Å². The Bertz CT molecular complexity index is 587. The van der Waals surface area contributed by atoms with Crippen molar-refractivity contribution in [2.45, 2.75) is 33.7 Å². The van der Waals surface area contributed by atoms with Gasteiger partial charge in [0.15, 0.2) is 0 Å². The third-order valence-electron chi connectivity index (χ3n) is 4.10. The van der Waals surface area contributed by atoms with Gasteiger partial charge in [-0.15, -0.1) is 0 Å². The molecule has 1 unspecified atom stereocenters. The van der Waals surface area contributed by atoms with Crippen LogP contribution in [0.25, 0.3) is 0 Å². The molecular weight excluding hydrogens is 256 g/mol. The Morgan fingerprint density at radius 1 is 0.952 bits per heavy atom. The Balaban J connectivity index is 2.42. The van der Waals surface area contributed by atoms with Crippen LogP contribution >= 0.6 is 0 Å². The first-order chi connectivity index (χ1) is 10.1. The molecule has 2 nitrogen and oxygen atoms in total. The minimum atomic E-state index is 0.220. The first kappa shape index (κ1) is 15.6. The summed E-state index contributed by atoms with van der Waals surface area (Å²) in [5.74, 6) is 0. The highest BCUT2D eigenvalue weighted by atomic mass is 15.2. The smallest absolute Gasteiger partial charge is 0.0667 e. The van der Waals surface area contributed by atoms with E-state index in [1.807, 2.05) is 0 Å². The summed E-state index contributed by atoms with van der Waals surface area (Å²) < 4.78 is 0. The van der Waals surface area contributed by atoms with Gasteiger partial charge in [-0.05, 0) is 51.0 Å². The third-order valence-corrected chi connectivity index (χ3v) is 4.10. The molecule has 2 N–H and O–H groups in total. The van der Waals surface area contributed by atoms with Crippen molar-refractivity contribution in [3.63, 3.8) is 0 Å². The van der Waals surface area contributed by atoms with Crippen LogP contribution in [0.3, 0.4) is 0 Å². The van der Waals surface area contributed by atoms with Crippen molar-refractivity contribution >= 4 is 5.69 Å². The molecule has 0 aliphatic heterocycles. The number of benzene rings is 2. The van der Waals surface area contributed by atoms with Crippen LogP contribution < -0.4 is 10.6 Å². The van der Waals surface area contributed by atoms with Crippen molar-refractivity contribution in [2.24, 2.45) is 5.73 Å². The van der Waals surface area contributed by atoms with Crippen LogP contribution in [0.5, 0.6) is 0 Å². The zero-order valence-electron chi connectivity index (χ0n) is 13.6. The van der Waals surface area contributed by atoms with Gasteiger partial charge in [0.1, 0.15) is 0 Å². The van der Waals surface area contributed by atoms with Crippen molar-refractivity contribution in [2.75, 3.05) is 18.0 Å². The van der Waals surface area contributed by atoms with E-state index < -0.39 is 0 Å². The standard InChI is InChI=1S/C19H26N2/c1-5-21(17-10-7-14(2)8-11-17)19(13-20)18-12-15(3)6-9-16(18)4/h6-12,19H,5,13,20H2,1-4H3. The summed E-state index contributed by atoms with van der Waals surface area (Å²) in [6, 6.07) is 15.5. The number of hydrogen-bond donors (Lipinski definition) is 1. The minimum Gasteiger partial charge on any atom is -0.363 e. The fraction of sp³-hybridized carbons (Fsp3) is 0.368. The highest BCUT2D eigenvalue weighted by Gasteiger charge is 2.20. The summed E-state index contributed by atoms with van der Waals surface area (Å²) in [4.78, 5) is 2.39. The molecule has 0 aliphatic carbocycles. The molecule has 0 spiro atoms. The Labute approximate surface area is 128 Å². The lowest BCUT2D eigenvalue weighted by atomic mass is 9.97. The number of anilines is 1. The summed E-state index contributed by atoms with van der Waals surface area (Å²) in [6.45, 7) is 10.2. The highest BCUT2D eigenvalue weighted by molar-refractivity contribution is 5.51. The van der Waals surface area contributed by atoms with Gasteiger partial charge >= 0.3 is 0 Å². The molecule has 0 fully saturated rings. The SMILES string of the molecule is CCN(c1ccc(C)cc1)C(CN)c1cc(C)ccc1C. The quantitative estimate of drug-likeness (QED) is 0.893. The van der Waals surface area contributed by atoms with Gasteiger partial charge in [0.25, 0.3) is 0 Å². The summed E-state index contributed by atoms with van der Waals surface area (Å²) in [5.41, 5.74) is 12.6. The molecule has 0 aromatic heterocycles. The lowest BCUT2D eigenvalue weighted by Gasteiger charge is -2.33. The second-order valence-electron chi connectivity index (χ2n) is 5.73. The van der Waals surface area contributed by atoms with E-state index in [0.717, 1.165) is 6.54 Å². The van der Waals surface area contributed by atoms with Crippen LogP contribution in [0.2, 0.25) is 0 Å². The van der Waals surface area contributed by atoms with Gasteiger partial charge in [-0.1, -0.05) is 41.5 Å². The van der Waals surface area contributed by atoms with E-state index in [1.165, 1.54) is 27.9 Å². The zero-order valence-corrected chi connectivity index (χ0v) is 13.6. The summed E-state index contributed by atoms with van der Waals surface area (Å²) in [5, 5.41) is 0. The average molecular weight is 282 g/mol. The number of nitrogens with zero attached hydrogens (tertiary/aromatic N) is 1. The van der Waals surface area contributed by atoms with Gasteiger partial charge in [0, 0.05) is 18.8 Å². The first-order valence-corrected chi connectivity index (χ1v) is 7.67. The van der Waals surface area contributed by atoms with E-state index in [1.54, 1.807) is 0 Å². The van der Waals surface area contributed by atoms with E-state index in [0.29, 0.717) is 6.54 Å². The maximum Gasteiger partial charge on any atom is 0.0667 e. The Kier molecular flexibility index (Phi) is 5.03. The van der Waals surface area contributed by atoms with E-state index in [-0.39, 0.29) is 6.04 Å². The lowest BCUT2D eigenvalue weighted by molar-refractivity contribution is 0.639. The predicted octanol–water partition coefficient (Wildman–Crippen LogP) is 4.14. The maximum absolute atomic E-state index is 6.13. The molecule has 0 amide bonds. The largest absolute Gasteiger partial charge is 0.363 e. The molecule has 0 heterocycles. The van der Waals surface area contributed by atoms with E-state index in [9.17, 15) is 0 Å². The fourth-order valence-electron chi connectivity index (χ4n) is 2.86. The molecule has 112 valence electrons. The predicted molar refractivity (Wildman–Crippen MR) is 91.9 cm³/mol. The van der Waals surface area contributed by atoms with Crippen molar-refractivity contribution in [1.82, 2.24) is 0 Å². The molecule has 1 atom stereocenters. The van der Waals surface area contributed by atoms with Crippen LogP contribution in [0.4, 0.5) is 5.69 Å². The molecular formula is C19H26N2. The van der Waals surface area contributed by atoms with Crippen molar-refractivity contribution in [1.29, 1.82) is 0 Å². The van der Waals surface area contributed by atoms with Crippen molar-refractivity contribution in [3.8, 4) is 0 Å². The topological polar surface area (TPSA) is 29.3 Å². The molecule has 0 bridgehead atoms. The summed E-state index contributed by atoms with van der Waals surface area (Å²) >= 11 is 0. The number of rotatable bonds is 5. The number of nitrogens with two attached hydrogens (primary N) is 1. The normalized spacial score (nSPS) is 12.2. The molecule has 2 aromatic carbocycles. The lowest BCUT2D eigenvalue weighted by Crippen LogP contribution is -2.34. The molecule has 0 saturated heterocycles. The summed E-state index contributed by atoms with van der Waals surface area (Å²) in [7, 11) is 0. The highest BCUT2D eigenvalue weighted by Crippen LogP contribution is 2.29. The molecule has 0 saturated carbocycles. The minimum absolute atomic E-state index is 0.220. The summed E-state index contributed by atoms with van der Waals surface area (Å²) in [6.07, 6.45) is 0. The number of hydrogen-bond acceptors (Lipinski definition) is 2. The van der Waals surface area contributed by atoms with Crippen LogP contribution in [0, 0.1) is 20.8 Å². The first-order valence-electron chi connectivity index (χ1n) is 7.67. The van der Waals surface area contributed by atoms with Gasteiger partial charge in [0.05, 0.1) is 6.04 Å². The fourth-order valence-corrected chi connectivity index (χ4v) is 2.86. The molecule has 2 aromatic rings. The second kappa shape index (κ2) is 6.77. The van der Waals surface area contributed by atoms with E-state index in [4.69, 9.17) is 5.73 Å². The number of likely N-dealkylation sites (N-methyl/N-ethyl adjacent to an activating group) is 1. The van der Waals surface area contributed by atoms with Crippen LogP contribution in [0.1, 0.15) is 35.2 Å². The molecule has 2 heteroatoms. The molecule has 0 aliphatic rings. The maximum atomic E-state index is 6.13. The van der Waals surface area contributed by atoms with Gasteiger partial charge in [0.2, 0.25) is 0 Å². The van der Waals surface area contributed by atoms with Crippen LogP contribution in [-0.4, -0.2) is 13.1 Å². The van der Waals surface area contributed by atoms with Gasteiger partial charge < -0.3 is 10.6 Å². The van der Waals surface area contributed by atoms with Crippen molar-refractivity contribution < 1.29 is 0 Å². The average Bonchev–Trinajstić information content (AvgIpc) is 2.49. The molecule has 21 heavy (non-hydrogen) atoms. The Hall–Kier alpha value is -1.80. The Morgan fingerprint density at radius 2 is 1.57 bits per heavy atom. The molecule has 2 rings (SSSR count). The molecule has 0 radical (unpaired) electrons. The van der Waals surface area contributed by atoms with Crippen molar-refractivity contribution in [3.05, 3.63) is 64.7 Å². The van der Waals surface area contributed by atoms with Gasteiger partial charge in [-0.25, -0.2) is 0 Å². The van der Waals surface area contributed by atoms with E-state index in [2.05, 4.69) is 75.1 Å².